The molecule has 2 heterocycles. The standard InChI is InChI=1S/C21H27ClN3O9P/c1-12(2)32-20(28)13(3)24-35(30,34-14-7-5-4-6-8-14)31-11-15-18(27)17(22)19(33-15)25-10-9-16(26)23-21(25)29/h4-10,12-13,15,17-19,27H,11H2,1-3H3,(H,24,30)(H,23,26,29)/t13-,15-,17+,18-,19-,35?/m1/s1. The average molecular weight is 532 g/mol. The first-order valence-electron chi connectivity index (χ1n) is 10.8. The second-order valence-corrected chi connectivity index (χ2v) is 10.2. The Kier molecular flexibility index (Phi) is 8.92. The van der Waals surface area contributed by atoms with Gasteiger partial charge in [-0.3, -0.25) is 23.7 Å². The first-order chi connectivity index (χ1) is 16.5. The zero-order valence-corrected chi connectivity index (χ0v) is 20.8. The lowest BCUT2D eigenvalue weighted by molar-refractivity contribution is -0.149. The third kappa shape index (κ3) is 7.03. The molecular formula is C21H27ClN3O9P. The predicted molar refractivity (Wildman–Crippen MR) is 125 cm³/mol. The van der Waals surface area contributed by atoms with E-state index in [9.17, 15) is 24.1 Å². The van der Waals surface area contributed by atoms with E-state index in [4.69, 9.17) is 30.1 Å². The quantitative estimate of drug-likeness (QED) is 0.233. The number of para-hydroxylation sites is 1. The SMILES string of the molecule is CC(C)OC(=O)[C@@H](C)NP(=O)(OC[C@H]1O[C@@H](n2ccc(=O)[nH]c2=O)[C@@H](Cl)[C@@H]1O)Oc1ccccc1. The third-order valence-electron chi connectivity index (χ3n) is 4.85. The summed E-state index contributed by atoms with van der Waals surface area (Å²) >= 11 is 6.26. The molecule has 1 unspecified atom stereocenters. The summed E-state index contributed by atoms with van der Waals surface area (Å²) in [7, 11) is -4.20. The fourth-order valence-corrected chi connectivity index (χ4v) is 5.04. The van der Waals surface area contributed by atoms with Crippen LogP contribution >= 0.6 is 19.3 Å². The number of carbonyl (C=O) groups excluding carboxylic acids is 1. The molecule has 6 atom stereocenters. The Bertz CT molecular complexity index is 1170. The number of ether oxygens (including phenoxy) is 2. The maximum atomic E-state index is 13.5. The largest absolute Gasteiger partial charge is 0.462 e. The van der Waals surface area contributed by atoms with Crippen molar-refractivity contribution in [2.45, 2.75) is 56.7 Å². The number of hydrogen-bond donors (Lipinski definition) is 3. The first kappa shape index (κ1) is 27.1. The molecule has 0 bridgehead atoms. The van der Waals surface area contributed by atoms with Crippen molar-refractivity contribution in [3.05, 3.63) is 63.4 Å². The van der Waals surface area contributed by atoms with Gasteiger partial charge in [0.25, 0.3) is 5.56 Å². The number of nitrogens with zero attached hydrogens (tertiary/aromatic N) is 1. The number of carbonyl (C=O) groups is 1. The van der Waals surface area contributed by atoms with Gasteiger partial charge in [0.1, 0.15) is 29.4 Å². The fraction of sp³-hybridized carbons (Fsp3) is 0.476. The summed E-state index contributed by atoms with van der Waals surface area (Å²) in [6.45, 7) is 4.31. The van der Waals surface area contributed by atoms with E-state index in [0.29, 0.717) is 0 Å². The maximum absolute atomic E-state index is 13.5. The number of esters is 1. The van der Waals surface area contributed by atoms with Gasteiger partial charge in [-0.05, 0) is 32.9 Å². The number of aliphatic hydroxyl groups is 1. The lowest BCUT2D eigenvalue weighted by atomic mass is 10.2. The Hall–Kier alpha value is -2.47. The van der Waals surface area contributed by atoms with E-state index >= 15 is 0 Å². The van der Waals surface area contributed by atoms with Gasteiger partial charge in [0.15, 0.2) is 6.23 Å². The van der Waals surface area contributed by atoms with Crippen LogP contribution in [0.2, 0.25) is 0 Å². The summed E-state index contributed by atoms with van der Waals surface area (Å²) in [5.41, 5.74) is -1.38. The summed E-state index contributed by atoms with van der Waals surface area (Å²) in [5.74, 6) is -0.468. The topological polar surface area (TPSA) is 158 Å². The number of alkyl halides is 1. The molecule has 1 aromatic carbocycles. The molecule has 35 heavy (non-hydrogen) atoms. The molecule has 3 rings (SSSR count). The molecule has 12 nitrogen and oxygen atoms in total. The summed E-state index contributed by atoms with van der Waals surface area (Å²) in [4.78, 5) is 37.7. The van der Waals surface area contributed by atoms with Gasteiger partial charge in [-0.2, -0.15) is 5.09 Å². The van der Waals surface area contributed by atoms with Crippen molar-refractivity contribution in [3.63, 3.8) is 0 Å². The normalized spacial score (nSPS) is 24.6. The number of aromatic nitrogens is 2. The molecule has 1 aliphatic rings. The molecule has 1 fully saturated rings. The van der Waals surface area contributed by atoms with Crippen LogP contribution < -0.4 is 20.9 Å². The van der Waals surface area contributed by atoms with E-state index in [1.54, 1.807) is 44.2 Å². The highest BCUT2D eigenvalue weighted by molar-refractivity contribution is 7.52. The minimum Gasteiger partial charge on any atom is -0.462 e. The van der Waals surface area contributed by atoms with Crippen molar-refractivity contribution in [2.75, 3.05) is 6.61 Å². The van der Waals surface area contributed by atoms with E-state index < -0.39 is 67.5 Å². The fourth-order valence-electron chi connectivity index (χ4n) is 3.20. The van der Waals surface area contributed by atoms with Crippen molar-refractivity contribution in [3.8, 4) is 5.75 Å². The molecule has 14 heteroatoms. The van der Waals surface area contributed by atoms with Gasteiger partial charge >= 0.3 is 19.4 Å². The molecule has 0 amide bonds. The number of halogens is 1. The summed E-state index contributed by atoms with van der Waals surface area (Å²) < 4.78 is 36.4. The predicted octanol–water partition coefficient (Wildman–Crippen LogP) is 1.54. The van der Waals surface area contributed by atoms with Gasteiger partial charge in [-0.25, -0.2) is 9.36 Å². The van der Waals surface area contributed by atoms with E-state index in [2.05, 4.69) is 10.1 Å². The van der Waals surface area contributed by atoms with Gasteiger partial charge in [-0.15, -0.1) is 11.6 Å². The smallest absolute Gasteiger partial charge is 0.459 e. The second kappa shape index (κ2) is 11.5. The van der Waals surface area contributed by atoms with Crippen LogP contribution in [0.25, 0.3) is 0 Å². The van der Waals surface area contributed by atoms with Crippen molar-refractivity contribution >= 4 is 25.3 Å². The van der Waals surface area contributed by atoms with Crippen molar-refractivity contribution in [1.29, 1.82) is 0 Å². The van der Waals surface area contributed by atoms with Gasteiger partial charge < -0.3 is 19.1 Å². The van der Waals surface area contributed by atoms with Crippen LogP contribution in [0.4, 0.5) is 0 Å². The number of rotatable bonds is 10. The maximum Gasteiger partial charge on any atom is 0.459 e. The Morgan fingerprint density at radius 2 is 1.94 bits per heavy atom. The van der Waals surface area contributed by atoms with E-state index in [-0.39, 0.29) is 5.75 Å². The molecule has 3 N–H and O–H groups in total. The van der Waals surface area contributed by atoms with Crippen LogP contribution in [0.3, 0.4) is 0 Å². The van der Waals surface area contributed by atoms with E-state index in [1.807, 2.05) is 0 Å². The van der Waals surface area contributed by atoms with Gasteiger partial charge in [0.05, 0.1) is 12.7 Å². The van der Waals surface area contributed by atoms with Crippen LogP contribution in [0.5, 0.6) is 5.75 Å². The molecule has 1 aliphatic heterocycles. The first-order valence-corrected chi connectivity index (χ1v) is 12.7. The van der Waals surface area contributed by atoms with Gasteiger partial charge in [-0.1, -0.05) is 18.2 Å². The molecule has 1 aromatic heterocycles. The molecule has 0 aliphatic carbocycles. The highest BCUT2D eigenvalue weighted by Crippen LogP contribution is 2.46. The minimum absolute atomic E-state index is 0.202. The highest BCUT2D eigenvalue weighted by Gasteiger charge is 2.45. The zero-order chi connectivity index (χ0) is 25.8. The molecule has 192 valence electrons. The lowest BCUT2D eigenvalue weighted by Crippen LogP contribution is -2.37. The van der Waals surface area contributed by atoms with Gasteiger partial charge in [0, 0.05) is 12.3 Å². The van der Waals surface area contributed by atoms with Crippen LogP contribution in [0.1, 0.15) is 27.0 Å². The van der Waals surface area contributed by atoms with Crippen LogP contribution in [0, 0.1) is 0 Å². The Balaban J connectivity index is 1.75. The van der Waals surface area contributed by atoms with Crippen LogP contribution in [-0.4, -0.2) is 57.0 Å². The molecule has 0 saturated carbocycles. The van der Waals surface area contributed by atoms with Gasteiger partial charge in [0.2, 0.25) is 0 Å². The number of aliphatic hydroxyl groups excluding tert-OH is 1. The summed E-state index contributed by atoms with van der Waals surface area (Å²) in [6, 6.07) is 8.18. The Morgan fingerprint density at radius 1 is 1.26 bits per heavy atom. The molecule has 2 aromatic rings. The second-order valence-electron chi connectivity index (χ2n) is 8.05. The number of benzene rings is 1. The number of hydrogen-bond acceptors (Lipinski definition) is 9. The van der Waals surface area contributed by atoms with Crippen molar-refractivity contribution in [2.24, 2.45) is 0 Å². The minimum atomic E-state index is -4.20. The molecule has 1 saturated heterocycles. The van der Waals surface area contributed by atoms with Crippen molar-refractivity contribution < 1.29 is 33.0 Å². The zero-order valence-electron chi connectivity index (χ0n) is 19.2. The summed E-state index contributed by atoms with van der Waals surface area (Å²) in [5, 5.41) is 12.0. The number of nitrogens with one attached hydrogen (secondary N) is 2. The van der Waals surface area contributed by atoms with E-state index in [1.165, 1.54) is 13.1 Å². The number of H-pyrrole nitrogens is 1. The lowest BCUT2D eigenvalue weighted by Gasteiger charge is -2.25. The van der Waals surface area contributed by atoms with Crippen molar-refractivity contribution in [1.82, 2.24) is 14.6 Å². The molecule has 0 radical (unpaired) electrons. The summed E-state index contributed by atoms with van der Waals surface area (Å²) in [6.07, 6.45) is -2.78. The molecule has 0 spiro atoms. The Labute approximate surface area is 205 Å². The van der Waals surface area contributed by atoms with Crippen LogP contribution in [-0.2, 0) is 23.4 Å². The molecular weight excluding hydrogens is 505 g/mol. The van der Waals surface area contributed by atoms with Crippen LogP contribution in [0.15, 0.2) is 52.2 Å². The van der Waals surface area contributed by atoms with E-state index in [0.717, 1.165) is 10.6 Å². The Morgan fingerprint density at radius 3 is 2.57 bits per heavy atom. The third-order valence-corrected chi connectivity index (χ3v) is 6.97. The number of aromatic amines is 1. The average Bonchev–Trinajstić information content (AvgIpc) is 3.06. The monoisotopic (exact) mass is 531 g/mol. The highest BCUT2D eigenvalue weighted by atomic mass is 35.5.